The first-order chi connectivity index (χ1) is 17.7. The van der Waals surface area contributed by atoms with Gasteiger partial charge in [-0.1, -0.05) is 51.6 Å². The molecule has 0 unspecified atom stereocenters. The molecular formula is C33H30O4. The second-order valence-electron chi connectivity index (χ2n) is 10.7. The molecule has 0 aliphatic rings. The maximum absolute atomic E-state index is 12.1. The SMILES string of the molecule is C=C/C=C(O)\C(=C/CCC(C)(C)C)c1c2ccc3cc(O)ccc3c2oc2c1ccc1cc(=O)ccc12. The quantitative estimate of drug-likeness (QED) is 0.112. The highest BCUT2D eigenvalue weighted by atomic mass is 16.3. The number of aromatic hydroxyl groups is 1. The first-order valence-corrected chi connectivity index (χ1v) is 12.4. The minimum Gasteiger partial charge on any atom is -0.508 e. The van der Waals surface area contributed by atoms with Gasteiger partial charge in [0.1, 0.15) is 22.7 Å². The van der Waals surface area contributed by atoms with Gasteiger partial charge in [-0.05, 0) is 83.6 Å². The molecule has 5 rings (SSSR count). The molecule has 4 aromatic carbocycles. The molecule has 0 atom stereocenters. The first-order valence-electron chi connectivity index (χ1n) is 12.4. The predicted molar refractivity (Wildman–Crippen MR) is 154 cm³/mol. The Hall–Kier alpha value is -4.31. The maximum Gasteiger partial charge on any atom is 0.179 e. The van der Waals surface area contributed by atoms with Crippen molar-refractivity contribution in [3.05, 3.63) is 107 Å². The molecule has 1 heterocycles. The smallest absolute Gasteiger partial charge is 0.179 e. The summed E-state index contributed by atoms with van der Waals surface area (Å²) in [5.41, 5.74) is 2.90. The number of allylic oxidation sites excluding steroid dienone is 4. The fourth-order valence-electron chi connectivity index (χ4n) is 4.90. The average molecular weight is 491 g/mol. The van der Waals surface area contributed by atoms with Crippen LogP contribution in [-0.4, -0.2) is 10.2 Å². The van der Waals surface area contributed by atoms with Crippen LogP contribution in [0.1, 0.15) is 39.2 Å². The lowest BCUT2D eigenvalue weighted by Crippen LogP contribution is -2.03. The van der Waals surface area contributed by atoms with Crippen LogP contribution in [0, 0.1) is 5.41 Å². The van der Waals surface area contributed by atoms with Gasteiger partial charge in [0.05, 0.1) is 0 Å². The van der Waals surface area contributed by atoms with E-state index in [0.717, 1.165) is 50.7 Å². The third kappa shape index (κ3) is 4.63. The summed E-state index contributed by atoms with van der Waals surface area (Å²) in [6.07, 6.45) is 6.99. The minimum absolute atomic E-state index is 0.0666. The largest absolute Gasteiger partial charge is 0.508 e. The van der Waals surface area contributed by atoms with Crippen LogP contribution in [0.3, 0.4) is 0 Å². The van der Waals surface area contributed by atoms with Gasteiger partial charge in [-0.3, -0.25) is 4.79 Å². The third-order valence-corrected chi connectivity index (χ3v) is 6.70. The number of hydrogen-bond donors (Lipinski definition) is 2. The van der Waals surface area contributed by atoms with Crippen LogP contribution in [0.5, 0.6) is 5.75 Å². The lowest BCUT2D eigenvalue weighted by atomic mass is 9.88. The Labute approximate surface area is 215 Å². The van der Waals surface area contributed by atoms with Crippen molar-refractivity contribution in [3.63, 3.8) is 0 Å². The normalized spacial score (nSPS) is 13.2. The molecule has 2 N–H and O–H groups in total. The molecule has 0 radical (unpaired) electrons. The van der Waals surface area contributed by atoms with Crippen molar-refractivity contribution in [2.45, 2.75) is 33.6 Å². The van der Waals surface area contributed by atoms with Crippen molar-refractivity contribution < 1.29 is 14.6 Å². The summed E-state index contributed by atoms with van der Waals surface area (Å²) in [6, 6.07) is 17.9. The van der Waals surface area contributed by atoms with Crippen molar-refractivity contribution >= 4 is 49.1 Å². The molecule has 0 aliphatic carbocycles. The molecule has 4 nitrogen and oxygen atoms in total. The predicted octanol–water partition coefficient (Wildman–Crippen LogP) is 8.80. The van der Waals surface area contributed by atoms with Crippen LogP contribution in [0.2, 0.25) is 0 Å². The van der Waals surface area contributed by atoms with Crippen molar-refractivity contribution in [2.75, 3.05) is 0 Å². The molecule has 0 amide bonds. The van der Waals surface area contributed by atoms with E-state index < -0.39 is 0 Å². The van der Waals surface area contributed by atoms with Crippen molar-refractivity contribution in [3.8, 4) is 5.75 Å². The third-order valence-electron chi connectivity index (χ3n) is 6.70. The van der Waals surface area contributed by atoms with Gasteiger partial charge in [0.25, 0.3) is 0 Å². The van der Waals surface area contributed by atoms with Crippen LogP contribution >= 0.6 is 0 Å². The van der Waals surface area contributed by atoms with E-state index in [1.54, 1.807) is 36.4 Å². The first kappa shape index (κ1) is 24.4. The van der Waals surface area contributed by atoms with Gasteiger partial charge in [0.15, 0.2) is 5.43 Å². The lowest BCUT2D eigenvalue weighted by molar-refractivity contribution is 0.381. The Bertz CT molecular complexity index is 1810. The van der Waals surface area contributed by atoms with Gasteiger partial charge < -0.3 is 14.6 Å². The summed E-state index contributed by atoms with van der Waals surface area (Å²) in [5, 5.41) is 26.3. The number of benzene rings is 4. The molecule has 0 bridgehead atoms. The summed E-state index contributed by atoms with van der Waals surface area (Å²) in [4.78, 5) is 12.1. The summed E-state index contributed by atoms with van der Waals surface area (Å²) in [6.45, 7) is 10.4. The Morgan fingerprint density at radius 1 is 0.892 bits per heavy atom. The Kier molecular flexibility index (Phi) is 6.12. The Morgan fingerprint density at radius 3 is 2.11 bits per heavy atom. The van der Waals surface area contributed by atoms with E-state index in [2.05, 4.69) is 33.4 Å². The summed E-state index contributed by atoms with van der Waals surface area (Å²) < 4.78 is 6.61. The van der Waals surface area contributed by atoms with Gasteiger partial charge in [-0.25, -0.2) is 0 Å². The fraction of sp³-hybridized carbons (Fsp3) is 0.182. The lowest BCUT2D eigenvalue weighted by Gasteiger charge is -2.19. The maximum atomic E-state index is 12.1. The van der Waals surface area contributed by atoms with Gasteiger partial charge in [-0.2, -0.15) is 0 Å². The van der Waals surface area contributed by atoms with Crippen molar-refractivity contribution in [1.29, 1.82) is 0 Å². The number of phenols is 1. The van der Waals surface area contributed by atoms with E-state index in [0.29, 0.717) is 16.7 Å². The highest BCUT2D eigenvalue weighted by molar-refractivity contribution is 6.17. The molecule has 0 aliphatic heterocycles. The highest BCUT2D eigenvalue weighted by Crippen LogP contribution is 2.41. The Balaban J connectivity index is 1.95. The zero-order valence-corrected chi connectivity index (χ0v) is 21.3. The highest BCUT2D eigenvalue weighted by Gasteiger charge is 2.20. The van der Waals surface area contributed by atoms with Crippen molar-refractivity contribution in [2.24, 2.45) is 5.41 Å². The van der Waals surface area contributed by atoms with E-state index in [-0.39, 0.29) is 22.4 Å². The molecule has 4 heteroatoms. The zero-order chi connectivity index (χ0) is 26.3. The number of fused-ring (bicyclic) bond motifs is 6. The van der Waals surface area contributed by atoms with E-state index >= 15 is 0 Å². The molecule has 0 saturated heterocycles. The number of aliphatic hydroxyl groups is 1. The van der Waals surface area contributed by atoms with Crippen LogP contribution in [-0.2, 0) is 0 Å². The number of rotatable bonds is 5. The topological polar surface area (TPSA) is 70.7 Å². The van der Waals surface area contributed by atoms with Crippen LogP contribution in [0.4, 0.5) is 0 Å². The summed E-state index contributed by atoms with van der Waals surface area (Å²) in [7, 11) is 0. The van der Waals surface area contributed by atoms with E-state index in [1.165, 1.54) is 6.07 Å². The molecular weight excluding hydrogens is 460 g/mol. The molecule has 186 valence electrons. The van der Waals surface area contributed by atoms with E-state index in [9.17, 15) is 15.0 Å². The summed E-state index contributed by atoms with van der Waals surface area (Å²) in [5.74, 6) is 0.300. The number of phenolic OH excluding ortho intramolecular Hbond substituents is 1. The van der Waals surface area contributed by atoms with Crippen molar-refractivity contribution in [1.82, 2.24) is 0 Å². The molecule has 0 fully saturated rings. The standard InChI is InChI=1S/C33H30O4/c1-5-7-29(36)26(8-6-17-33(2,3)4)30-27-13-9-20-18-22(34)11-15-24(20)31(27)37-32-25-16-12-23(35)19-21(25)10-14-28(30)32/h5,7-16,18-19,34,36H,1,6,17H2,2-4H3/b26-8+,29-7+. The Morgan fingerprint density at radius 2 is 1.49 bits per heavy atom. The average Bonchev–Trinajstić information content (AvgIpc) is 2.84. The molecule has 37 heavy (non-hydrogen) atoms. The molecule has 0 spiro atoms. The number of hydrogen-bond acceptors (Lipinski definition) is 4. The van der Waals surface area contributed by atoms with E-state index in [4.69, 9.17) is 4.42 Å². The van der Waals surface area contributed by atoms with Gasteiger partial charge in [0, 0.05) is 32.7 Å². The van der Waals surface area contributed by atoms with Gasteiger partial charge in [0.2, 0.25) is 0 Å². The fourth-order valence-corrected chi connectivity index (χ4v) is 4.90. The zero-order valence-electron chi connectivity index (χ0n) is 21.3. The van der Waals surface area contributed by atoms with E-state index in [1.807, 2.05) is 30.3 Å². The van der Waals surface area contributed by atoms with Crippen LogP contribution in [0.25, 0.3) is 49.1 Å². The summed E-state index contributed by atoms with van der Waals surface area (Å²) >= 11 is 0. The van der Waals surface area contributed by atoms with Gasteiger partial charge >= 0.3 is 0 Å². The molecule has 0 saturated carbocycles. The molecule has 1 aromatic heterocycles. The minimum atomic E-state index is -0.0666. The van der Waals surface area contributed by atoms with Crippen LogP contribution < -0.4 is 5.43 Å². The van der Waals surface area contributed by atoms with Gasteiger partial charge in [-0.15, -0.1) is 0 Å². The van der Waals surface area contributed by atoms with Crippen LogP contribution in [0.15, 0.2) is 100 Å². The monoisotopic (exact) mass is 490 g/mol. The number of aliphatic hydroxyl groups excluding tert-OH is 1. The second kappa shape index (κ2) is 9.29. The second-order valence-corrected chi connectivity index (χ2v) is 10.7. The molecule has 5 aromatic rings.